The van der Waals surface area contributed by atoms with Crippen LogP contribution in [-0.2, 0) is 4.74 Å². The highest BCUT2D eigenvalue weighted by atomic mass is 16.5. The van der Waals surface area contributed by atoms with E-state index in [4.69, 9.17) is 4.74 Å². The summed E-state index contributed by atoms with van der Waals surface area (Å²) in [6.07, 6.45) is 9.47. The van der Waals surface area contributed by atoms with Crippen LogP contribution in [0.3, 0.4) is 0 Å². The molecular weight excluding hydrogens is 236 g/mol. The smallest absolute Gasteiger partial charge is 0.0478 e. The Morgan fingerprint density at radius 2 is 2.05 bits per heavy atom. The van der Waals surface area contributed by atoms with E-state index in [0.29, 0.717) is 5.54 Å². The molecule has 2 aliphatic rings. The number of hydrogen-bond donors (Lipinski definition) is 1. The first-order chi connectivity index (χ1) is 9.26. The third kappa shape index (κ3) is 4.44. The molecule has 112 valence electrons. The van der Waals surface area contributed by atoms with Crippen LogP contribution in [0.1, 0.15) is 58.8 Å². The minimum Gasteiger partial charge on any atom is -0.382 e. The van der Waals surface area contributed by atoms with Gasteiger partial charge in [-0.3, -0.25) is 4.90 Å². The normalized spacial score (nSPS) is 28.4. The third-order valence-electron chi connectivity index (χ3n) is 4.94. The Balaban J connectivity index is 1.87. The molecule has 0 bridgehead atoms. The summed E-state index contributed by atoms with van der Waals surface area (Å²) < 4.78 is 5.49. The minimum atomic E-state index is 0.425. The second-order valence-corrected chi connectivity index (χ2v) is 6.43. The van der Waals surface area contributed by atoms with E-state index < -0.39 is 0 Å². The van der Waals surface area contributed by atoms with Gasteiger partial charge in [-0.05, 0) is 46.1 Å². The molecule has 3 nitrogen and oxygen atoms in total. The molecule has 1 aliphatic carbocycles. The third-order valence-corrected chi connectivity index (χ3v) is 4.94. The van der Waals surface area contributed by atoms with Gasteiger partial charge < -0.3 is 10.1 Å². The second-order valence-electron chi connectivity index (χ2n) is 6.43. The van der Waals surface area contributed by atoms with Gasteiger partial charge in [-0.1, -0.05) is 19.3 Å². The van der Waals surface area contributed by atoms with Crippen molar-refractivity contribution in [3.8, 4) is 0 Å². The molecule has 0 radical (unpaired) electrons. The van der Waals surface area contributed by atoms with E-state index in [-0.39, 0.29) is 0 Å². The maximum Gasteiger partial charge on any atom is 0.0478 e. The number of rotatable bonds is 5. The average Bonchev–Trinajstić information content (AvgIpc) is 2.56. The van der Waals surface area contributed by atoms with Crippen LogP contribution in [0, 0.1) is 0 Å². The van der Waals surface area contributed by atoms with Gasteiger partial charge in [0.1, 0.15) is 0 Å². The maximum absolute atomic E-state index is 5.49. The zero-order valence-corrected chi connectivity index (χ0v) is 12.9. The summed E-state index contributed by atoms with van der Waals surface area (Å²) in [6, 6.07) is 0.718. The van der Waals surface area contributed by atoms with Crippen LogP contribution in [0.2, 0.25) is 0 Å². The van der Waals surface area contributed by atoms with Crippen LogP contribution in [0.4, 0.5) is 0 Å². The molecule has 1 saturated carbocycles. The van der Waals surface area contributed by atoms with Gasteiger partial charge in [-0.25, -0.2) is 0 Å². The van der Waals surface area contributed by atoms with Gasteiger partial charge in [0.05, 0.1) is 0 Å². The highest BCUT2D eigenvalue weighted by Gasteiger charge is 2.36. The van der Waals surface area contributed by atoms with Gasteiger partial charge in [0.25, 0.3) is 0 Å². The van der Waals surface area contributed by atoms with E-state index in [2.05, 4.69) is 24.1 Å². The molecule has 0 aromatic rings. The zero-order chi connectivity index (χ0) is 13.6. The molecule has 19 heavy (non-hydrogen) atoms. The molecule has 1 aliphatic heterocycles. The first kappa shape index (κ1) is 15.3. The quantitative estimate of drug-likeness (QED) is 0.776. The molecule has 1 unspecified atom stereocenters. The van der Waals surface area contributed by atoms with E-state index in [9.17, 15) is 0 Å². The van der Waals surface area contributed by atoms with Crippen LogP contribution in [0.15, 0.2) is 0 Å². The Labute approximate surface area is 119 Å². The van der Waals surface area contributed by atoms with E-state index >= 15 is 0 Å². The lowest BCUT2D eigenvalue weighted by Gasteiger charge is -2.41. The zero-order valence-electron chi connectivity index (χ0n) is 12.9. The highest BCUT2D eigenvalue weighted by molar-refractivity contribution is 4.96. The lowest BCUT2D eigenvalue weighted by atomic mass is 9.81. The van der Waals surface area contributed by atoms with Gasteiger partial charge in [0, 0.05) is 37.9 Å². The summed E-state index contributed by atoms with van der Waals surface area (Å²) >= 11 is 0. The lowest BCUT2D eigenvalue weighted by molar-refractivity contribution is 0.105. The first-order valence-corrected chi connectivity index (χ1v) is 8.32. The van der Waals surface area contributed by atoms with Crippen molar-refractivity contribution in [3.05, 3.63) is 0 Å². The van der Waals surface area contributed by atoms with Crippen molar-refractivity contribution >= 4 is 0 Å². The molecule has 1 atom stereocenters. The fraction of sp³-hybridized carbons (Fsp3) is 1.00. The molecule has 1 heterocycles. The predicted molar refractivity (Wildman–Crippen MR) is 80.6 cm³/mol. The predicted octanol–water partition coefficient (Wildman–Crippen LogP) is 2.80. The maximum atomic E-state index is 5.49. The van der Waals surface area contributed by atoms with Gasteiger partial charge in [-0.2, -0.15) is 0 Å². The Kier molecular flexibility index (Phi) is 6.11. The summed E-state index contributed by atoms with van der Waals surface area (Å²) in [5, 5.41) is 3.89. The SMILES string of the molecule is CCOCCCN1CC2(CCCCC2)NCCC1C. The van der Waals surface area contributed by atoms with E-state index in [1.807, 2.05) is 0 Å². The summed E-state index contributed by atoms with van der Waals surface area (Å²) in [5.74, 6) is 0. The Morgan fingerprint density at radius 1 is 1.26 bits per heavy atom. The van der Waals surface area contributed by atoms with Crippen LogP contribution in [0.5, 0.6) is 0 Å². The first-order valence-electron chi connectivity index (χ1n) is 8.32. The van der Waals surface area contributed by atoms with Crippen LogP contribution in [0.25, 0.3) is 0 Å². The van der Waals surface area contributed by atoms with Crippen molar-refractivity contribution in [2.45, 2.75) is 70.4 Å². The molecule has 1 N–H and O–H groups in total. The van der Waals surface area contributed by atoms with Crippen molar-refractivity contribution < 1.29 is 4.74 Å². The molecule has 0 amide bonds. The molecule has 2 rings (SSSR count). The van der Waals surface area contributed by atoms with Crippen molar-refractivity contribution in [1.82, 2.24) is 10.2 Å². The second kappa shape index (κ2) is 7.61. The van der Waals surface area contributed by atoms with Gasteiger partial charge in [0.2, 0.25) is 0 Å². The van der Waals surface area contributed by atoms with Gasteiger partial charge in [0.15, 0.2) is 0 Å². The lowest BCUT2D eigenvalue weighted by Crippen LogP contribution is -2.53. The summed E-state index contributed by atoms with van der Waals surface area (Å²) in [6.45, 7) is 9.88. The summed E-state index contributed by atoms with van der Waals surface area (Å²) in [4.78, 5) is 2.71. The van der Waals surface area contributed by atoms with Crippen molar-refractivity contribution in [3.63, 3.8) is 0 Å². The molecule has 2 fully saturated rings. The fourth-order valence-corrected chi connectivity index (χ4v) is 3.71. The molecule has 0 aromatic carbocycles. The highest BCUT2D eigenvalue weighted by Crippen LogP contribution is 2.31. The fourth-order valence-electron chi connectivity index (χ4n) is 3.71. The van der Waals surface area contributed by atoms with Crippen LogP contribution < -0.4 is 5.32 Å². The molecule has 3 heteroatoms. The molecule has 0 aromatic heterocycles. The minimum absolute atomic E-state index is 0.425. The summed E-state index contributed by atoms with van der Waals surface area (Å²) in [7, 11) is 0. The monoisotopic (exact) mass is 268 g/mol. The van der Waals surface area contributed by atoms with E-state index in [0.717, 1.165) is 19.3 Å². The van der Waals surface area contributed by atoms with E-state index in [1.54, 1.807) is 0 Å². The van der Waals surface area contributed by atoms with E-state index in [1.165, 1.54) is 64.6 Å². The van der Waals surface area contributed by atoms with Crippen molar-refractivity contribution in [2.75, 3.05) is 32.8 Å². The van der Waals surface area contributed by atoms with Crippen molar-refractivity contribution in [1.29, 1.82) is 0 Å². The average molecular weight is 268 g/mol. The topological polar surface area (TPSA) is 24.5 Å². The van der Waals surface area contributed by atoms with Crippen LogP contribution in [-0.4, -0.2) is 49.3 Å². The number of nitrogens with zero attached hydrogens (tertiary/aromatic N) is 1. The Hall–Kier alpha value is -0.120. The van der Waals surface area contributed by atoms with Gasteiger partial charge in [-0.15, -0.1) is 0 Å². The molecule has 1 saturated heterocycles. The molecular formula is C16H32N2O. The number of nitrogens with one attached hydrogen (secondary N) is 1. The standard InChI is InChI=1S/C16H32N2O/c1-3-19-13-7-12-18-14-16(9-5-4-6-10-16)17-11-8-15(18)2/h15,17H,3-14H2,1-2H3. The van der Waals surface area contributed by atoms with Crippen molar-refractivity contribution in [2.24, 2.45) is 0 Å². The number of ether oxygens (including phenoxy) is 1. The van der Waals surface area contributed by atoms with Gasteiger partial charge >= 0.3 is 0 Å². The summed E-state index contributed by atoms with van der Waals surface area (Å²) in [5.41, 5.74) is 0.425. The number of hydrogen-bond acceptors (Lipinski definition) is 3. The largest absolute Gasteiger partial charge is 0.382 e. The molecule has 1 spiro atoms. The van der Waals surface area contributed by atoms with Crippen LogP contribution >= 0.6 is 0 Å². The Bertz CT molecular complexity index is 251. The Morgan fingerprint density at radius 3 is 2.79 bits per heavy atom.